The van der Waals surface area contributed by atoms with E-state index < -0.39 is 10.1 Å². The fourth-order valence-corrected chi connectivity index (χ4v) is 4.68. The minimum Gasteiger partial charge on any atom is -0.443 e. The average Bonchev–Trinajstić information content (AvgIpc) is 3.72. The molecule has 0 atom stereocenters. The predicted molar refractivity (Wildman–Crippen MR) is 181 cm³/mol. The van der Waals surface area contributed by atoms with Crippen LogP contribution in [0.4, 0.5) is 0 Å². The molecule has 6 aromatic rings. The van der Waals surface area contributed by atoms with Crippen molar-refractivity contribution in [2.24, 2.45) is 0 Å². The van der Waals surface area contributed by atoms with Crippen molar-refractivity contribution in [3.05, 3.63) is 138 Å². The SMILES string of the molecule is CC(=O)c1nc(-c2ccccc2)oc1-c1ccc(C)cc1.CC(=O)c1ncoc1-c1ccc(C)cc1.CS(=O)(=O)Oc1ccccc1. The van der Waals surface area contributed by atoms with E-state index in [4.69, 9.17) is 8.83 Å². The highest BCUT2D eigenvalue weighted by Gasteiger charge is 2.19. The van der Waals surface area contributed by atoms with Crippen LogP contribution in [0.5, 0.6) is 5.75 Å². The van der Waals surface area contributed by atoms with Crippen molar-refractivity contribution in [3.63, 3.8) is 0 Å². The van der Waals surface area contributed by atoms with E-state index in [1.165, 1.54) is 25.8 Å². The lowest BCUT2D eigenvalue weighted by Gasteiger charge is -1.99. The molecular formula is C37H34N2O7S. The summed E-state index contributed by atoms with van der Waals surface area (Å²) in [5.74, 6) is 1.70. The molecule has 0 radical (unpaired) electrons. The molecule has 0 unspecified atom stereocenters. The van der Waals surface area contributed by atoms with Crippen LogP contribution in [0.1, 0.15) is 46.0 Å². The number of benzene rings is 4. The Balaban J connectivity index is 0.000000169. The molecule has 10 heteroatoms. The minimum atomic E-state index is -3.38. The second kappa shape index (κ2) is 15.6. The van der Waals surface area contributed by atoms with Gasteiger partial charge >= 0.3 is 10.1 Å². The van der Waals surface area contributed by atoms with Gasteiger partial charge in [-0.25, -0.2) is 9.97 Å². The van der Waals surface area contributed by atoms with Crippen LogP contribution in [0.15, 0.2) is 124 Å². The monoisotopic (exact) mass is 650 g/mol. The number of hydrogen-bond donors (Lipinski definition) is 0. The molecule has 0 N–H and O–H groups in total. The molecule has 9 nitrogen and oxygen atoms in total. The first-order valence-electron chi connectivity index (χ1n) is 14.5. The third-order valence-electron chi connectivity index (χ3n) is 6.50. The predicted octanol–water partition coefficient (Wildman–Crippen LogP) is 8.40. The standard InChI is InChI=1S/C18H15NO2.C12H11NO2.C7H8O3S/c1-12-8-10-14(11-9-12)17-16(13(2)20)19-18(21-17)15-6-4-3-5-7-15;1-8-3-5-10(6-4-8)12-11(9(2)14)13-7-15-12;1-11(8,9)10-7-5-3-2-4-6-7/h3-11H,1-2H3;3-7H,1-2H3;2-6H,1H3. The lowest BCUT2D eigenvalue weighted by Crippen LogP contribution is -2.05. The lowest BCUT2D eigenvalue weighted by molar-refractivity contribution is 0.100. The topological polar surface area (TPSA) is 130 Å². The number of nitrogens with zero attached hydrogens (tertiary/aromatic N) is 2. The van der Waals surface area contributed by atoms with Crippen LogP contribution in [0.25, 0.3) is 34.1 Å². The van der Waals surface area contributed by atoms with Crippen molar-refractivity contribution in [3.8, 4) is 39.9 Å². The molecule has 240 valence electrons. The van der Waals surface area contributed by atoms with E-state index in [1.54, 1.807) is 30.3 Å². The zero-order valence-electron chi connectivity index (χ0n) is 26.6. The van der Waals surface area contributed by atoms with Gasteiger partial charge in [-0.15, -0.1) is 0 Å². The summed E-state index contributed by atoms with van der Waals surface area (Å²) in [6, 6.07) is 33.6. The molecule has 0 saturated carbocycles. The Hall–Kier alpha value is -5.61. The molecule has 0 amide bonds. The second-order valence-electron chi connectivity index (χ2n) is 10.5. The van der Waals surface area contributed by atoms with Gasteiger partial charge in [-0.3, -0.25) is 9.59 Å². The fourth-order valence-electron chi connectivity index (χ4n) is 4.22. The number of carbonyl (C=O) groups excluding carboxylic acids is 2. The van der Waals surface area contributed by atoms with Gasteiger partial charge in [0.05, 0.1) is 6.26 Å². The van der Waals surface area contributed by atoms with Crippen LogP contribution in [0, 0.1) is 13.8 Å². The third kappa shape index (κ3) is 9.94. The van der Waals surface area contributed by atoms with Crippen LogP contribution in [0.3, 0.4) is 0 Å². The zero-order valence-corrected chi connectivity index (χ0v) is 27.4. The maximum atomic E-state index is 11.8. The maximum absolute atomic E-state index is 11.8. The number of aromatic nitrogens is 2. The molecule has 47 heavy (non-hydrogen) atoms. The van der Waals surface area contributed by atoms with Crippen LogP contribution in [-0.2, 0) is 10.1 Å². The van der Waals surface area contributed by atoms with Crippen molar-refractivity contribution >= 4 is 21.7 Å². The van der Waals surface area contributed by atoms with E-state index in [1.807, 2.05) is 92.7 Å². The number of oxazole rings is 2. The molecule has 0 saturated heterocycles. The van der Waals surface area contributed by atoms with E-state index in [9.17, 15) is 18.0 Å². The Morgan fingerprint density at radius 2 is 1.13 bits per heavy atom. The van der Waals surface area contributed by atoms with E-state index in [2.05, 4.69) is 14.2 Å². The summed E-state index contributed by atoms with van der Waals surface area (Å²) in [6.07, 6.45) is 2.31. The molecule has 2 heterocycles. The summed E-state index contributed by atoms with van der Waals surface area (Å²) in [6.45, 7) is 7.02. The first-order chi connectivity index (χ1) is 22.4. The van der Waals surface area contributed by atoms with Gasteiger partial charge in [-0.05, 0) is 38.1 Å². The molecule has 4 aromatic carbocycles. The molecule has 0 aliphatic carbocycles. The molecule has 6 rings (SSSR count). The summed E-state index contributed by atoms with van der Waals surface area (Å²) in [7, 11) is -3.38. The van der Waals surface area contributed by atoms with Crippen LogP contribution < -0.4 is 4.18 Å². The molecule has 0 aliphatic rings. The Bertz CT molecular complexity index is 2030. The Morgan fingerprint density at radius 3 is 1.62 bits per heavy atom. The average molecular weight is 651 g/mol. The Labute approximate surface area is 274 Å². The minimum absolute atomic E-state index is 0.0840. The highest BCUT2D eigenvalue weighted by atomic mass is 32.2. The van der Waals surface area contributed by atoms with Gasteiger partial charge in [0.25, 0.3) is 0 Å². The number of para-hydroxylation sites is 1. The molecule has 2 aromatic heterocycles. The van der Waals surface area contributed by atoms with Crippen molar-refractivity contribution in [2.75, 3.05) is 6.26 Å². The molecule has 0 bridgehead atoms. The van der Waals surface area contributed by atoms with Crippen LogP contribution in [0.2, 0.25) is 0 Å². The normalized spacial score (nSPS) is 10.6. The Morgan fingerprint density at radius 1 is 0.638 bits per heavy atom. The summed E-state index contributed by atoms with van der Waals surface area (Å²) < 4.78 is 36.8. The van der Waals surface area contributed by atoms with Gasteiger partial charge in [0.2, 0.25) is 5.89 Å². The first-order valence-corrected chi connectivity index (χ1v) is 16.3. The van der Waals surface area contributed by atoms with E-state index >= 15 is 0 Å². The van der Waals surface area contributed by atoms with Gasteiger partial charge in [0, 0.05) is 30.5 Å². The molecular weight excluding hydrogens is 616 g/mol. The number of Topliss-reactive ketones (excluding diaryl/α,β-unsaturated/α-hetero) is 2. The second-order valence-corrected chi connectivity index (χ2v) is 12.1. The van der Waals surface area contributed by atoms with Crippen LogP contribution in [-0.4, -0.2) is 36.2 Å². The van der Waals surface area contributed by atoms with E-state index in [-0.39, 0.29) is 11.6 Å². The van der Waals surface area contributed by atoms with Crippen molar-refractivity contribution in [2.45, 2.75) is 27.7 Å². The number of aryl methyl sites for hydroxylation is 2. The fraction of sp³-hybridized carbons (Fsp3) is 0.135. The van der Waals surface area contributed by atoms with Crippen molar-refractivity contribution in [1.82, 2.24) is 9.97 Å². The smallest absolute Gasteiger partial charge is 0.306 e. The number of rotatable bonds is 7. The number of hydrogen-bond acceptors (Lipinski definition) is 9. The quantitative estimate of drug-likeness (QED) is 0.123. The van der Waals surface area contributed by atoms with Gasteiger partial charge in [0.1, 0.15) is 5.75 Å². The third-order valence-corrected chi connectivity index (χ3v) is 7.00. The number of ketones is 2. The highest BCUT2D eigenvalue weighted by molar-refractivity contribution is 7.86. The van der Waals surface area contributed by atoms with Gasteiger partial charge < -0.3 is 13.0 Å². The zero-order chi connectivity index (χ0) is 34.0. The maximum Gasteiger partial charge on any atom is 0.306 e. The van der Waals surface area contributed by atoms with Crippen molar-refractivity contribution < 1.29 is 31.0 Å². The van der Waals surface area contributed by atoms with Gasteiger partial charge in [-0.2, -0.15) is 8.42 Å². The van der Waals surface area contributed by atoms with Crippen LogP contribution >= 0.6 is 0 Å². The number of carbonyl (C=O) groups is 2. The summed E-state index contributed by atoms with van der Waals surface area (Å²) in [5.41, 5.74) is 5.69. The largest absolute Gasteiger partial charge is 0.443 e. The van der Waals surface area contributed by atoms with E-state index in [0.29, 0.717) is 34.5 Å². The van der Waals surface area contributed by atoms with Gasteiger partial charge in [-0.1, -0.05) is 96.1 Å². The summed E-state index contributed by atoms with van der Waals surface area (Å²) in [5, 5.41) is 0. The summed E-state index contributed by atoms with van der Waals surface area (Å²) in [4.78, 5) is 31.3. The van der Waals surface area contributed by atoms with Gasteiger partial charge in [0.15, 0.2) is 40.9 Å². The highest BCUT2D eigenvalue weighted by Crippen LogP contribution is 2.30. The molecule has 0 fully saturated rings. The van der Waals surface area contributed by atoms with E-state index in [0.717, 1.165) is 28.5 Å². The molecule has 0 aliphatic heterocycles. The Kier molecular flexibility index (Phi) is 11.4. The molecule has 0 spiro atoms. The lowest BCUT2D eigenvalue weighted by atomic mass is 10.1. The first kappa shape index (κ1) is 34.3. The summed E-state index contributed by atoms with van der Waals surface area (Å²) >= 11 is 0. The van der Waals surface area contributed by atoms with Crippen molar-refractivity contribution in [1.29, 1.82) is 0 Å².